The molecule has 3 N–H and O–H groups in total. The van der Waals surface area contributed by atoms with Crippen LogP contribution in [0.25, 0.3) is 0 Å². The number of nitrogens with one attached hydrogen (secondary N) is 3. The molecule has 33 heavy (non-hydrogen) atoms. The van der Waals surface area contributed by atoms with E-state index in [9.17, 15) is 23.2 Å². The molecule has 1 aliphatic heterocycles. The molecule has 2 aromatic rings. The molecule has 0 bridgehead atoms. The molecule has 0 fully saturated rings. The summed E-state index contributed by atoms with van der Waals surface area (Å²) in [4.78, 5) is 44.7. The van der Waals surface area contributed by atoms with E-state index in [1.165, 1.54) is 11.1 Å². The lowest BCUT2D eigenvalue weighted by atomic mass is 10.0. The summed E-state index contributed by atoms with van der Waals surface area (Å²) in [5.74, 6) is -3.18. The predicted octanol–water partition coefficient (Wildman–Crippen LogP) is 2.00. The van der Waals surface area contributed by atoms with Gasteiger partial charge in [-0.05, 0) is 43.7 Å². The van der Waals surface area contributed by atoms with Crippen LogP contribution in [0.15, 0.2) is 36.5 Å². The summed E-state index contributed by atoms with van der Waals surface area (Å²) in [6, 6.07) is 3.79. The highest BCUT2D eigenvalue weighted by molar-refractivity contribution is 6.09. The number of amides is 3. The number of anilines is 2. The molecule has 176 valence electrons. The van der Waals surface area contributed by atoms with Gasteiger partial charge in [0.25, 0.3) is 5.91 Å². The fourth-order valence-electron chi connectivity index (χ4n) is 3.60. The summed E-state index contributed by atoms with van der Waals surface area (Å²) < 4.78 is 27.3. The van der Waals surface area contributed by atoms with Gasteiger partial charge in [0.15, 0.2) is 0 Å². The number of fused-ring (bicyclic) bond motifs is 1. The molecule has 0 aliphatic carbocycles. The van der Waals surface area contributed by atoms with E-state index < -0.39 is 41.6 Å². The molecule has 0 saturated heterocycles. The van der Waals surface area contributed by atoms with Crippen molar-refractivity contribution in [2.45, 2.75) is 45.3 Å². The van der Waals surface area contributed by atoms with Gasteiger partial charge in [-0.1, -0.05) is 19.9 Å². The Balaban J connectivity index is 1.91. The minimum atomic E-state index is -1.02. The van der Waals surface area contributed by atoms with E-state index >= 15 is 0 Å². The first-order valence-corrected chi connectivity index (χ1v) is 10.6. The van der Waals surface area contributed by atoms with Crippen LogP contribution in [0.5, 0.6) is 0 Å². The summed E-state index contributed by atoms with van der Waals surface area (Å²) in [6.07, 6.45) is 1.67. The normalized spacial score (nSPS) is 16.8. The quantitative estimate of drug-likeness (QED) is 0.588. The highest BCUT2D eigenvalue weighted by Crippen LogP contribution is 2.32. The summed E-state index contributed by atoms with van der Waals surface area (Å²) in [7, 11) is 1.63. The van der Waals surface area contributed by atoms with Crippen LogP contribution >= 0.6 is 0 Å². The molecule has 0 saturated carbocycles. The summed E-state index contributed by atoms with van der Waals surface area (Å²) in [6.45, 7) is 5.23. The first-order valence-electron chi connectivity index (χ1n) is 10.6. The first kappa shape index (κ1) is 24.2. The lowest BCUT2D eigenvalue weighted by Gasteiger charge is -2.31. The molecular weight excluding hydrogens is 432 g/mol. The monoisotopic (exact) mass is 459 g/mol. The standard InChI is InChI=1S/C23H27F2N5O3/c1-12(2)19(29-21(31)13(3)26-4)23(33)30-18(10-14-6-5-9-27-20(14)30)22(32)28-17-8-7-15(24)11-16(17)25/h5-9,11-13,18-19,26H,10H2,1-4H3,(H,28,32)(H,29,31). The molecular formula is C23H27F2N5O3. The Morgan fingerprint density at radius 2 is 1.88 bits per heavy atom. The van der Waals surface area contributed by atoms with Gasteiger partial charge in [0.05, 0.1) is 11.7 Å². The van der Waals surface area contributed by atoms with Gasteiger partial charge in [0, 0.05) is 18.7 Å². The molecule has 8 nitrogen and oxygen atoms in total. The van der Waals surface area contributed by atoms with Crippen molar-refractivity contribution in [2.24, 2.45) is 5.92 Å². The van der Waals surface area contributed by atoms with E-state index in [1.807, 2.05) is 0 Å². The molecule has 10 heteroatoms. The number of halogens is 2. The maximum atomic E-state index is 14.1. The number of likely N-dealkylation sites (N-methyl/N-ethyl adjacent to an activating group) is 1. The van der Waals surface area contributed by atoms with Gasteiger partial charge in [-0.2, -0.15) is 0 Å². The van der Waals surface area contributed by atoms with Crippen molar-refractivity contribution in [1.29, 1.82) is 0 Å². The van der Waals surface area contributed by atoms with Crippen molar-refractivity contribution in [1.82, 2.24) is 15.6 Å². The second-order valence-electron chi connectivity index (χ2n) is 8.27. The minimum absolute atomic E-state index is 0.162. The zero-order chi connectivity index (χ0) is 24.3. The van der Waals surface area contributed by atoms with Crippen molar-refractivity contribution >= 4 is 29.2 Å². The van der Waals surface area contributed by atoms with Gasteiger partial charge in [0.1, 0.15) is 29.5 Å². The van der Waals surface area contributed by atoms with E-state index in [1.54, 1.807) is 40.0 Å². The van der Waals surface area contributed by atoms with Crippen molar-refractivity contribution in [2.75, 3.05) is 17.3 Å². The summed E-state index contributed by atoms with van der Waals surface area (Å²) >= 11 is 0. The fraction of sp³-hybridized carbons (Fsp3) is 0.391. The van der Waals surface area contributed by atoms with E-state index in [-0.39, 0.29) is 23.9 Å². The second-order valence-corrected chi connectivity index (χ2v) is 8.27. The third-order valence-electron chi connectivity index (χ3n) is 5.61. The number of pyridine rings is 1. The Morgan fingerprint density at radius 3 is 2.52 bits per heavy atom. The molecule has 0 spiro atoms. The first-order chi connectivity index (χ1) is 15.6. The number of aromatic nitrogens is 1. The van der Waals surface area contributed by atoms with E-state index in [2.05, 4.69) is 20.9 Å². The van der Waals surface area contributed by atoms with Crippen LogP contribution in [0.3, 0.4) is 0 Å². The van der Waals surface area contributed by atoms with Crippen molar-refractivity contribution in [3.63, 3.8) is 0 Å². The maximum absolute atomic E-state index is 14.1. The van der Waals surface area contributed by atoms with Crippen LogP contribution < -0.4 is 20.9 Å². The average Bonchev–Trinajstić information content (AvgIpc) is 3.17. The third-order valence-corrected chi connectivity index (χ3v) is 5.61. The van der Waals surface area contributed by atoms with E-state index in [4.69, 9.17) is 0 Å². The topological polar surface area (TPSA) is 103 Å². The molecule has 3 rings (SSSR count). The van der Waals surface area contributed by atoms with Crippen molar-refractivity contribution < 1.29 is 23.2 Å². The molecule has 1 aliphatic rings. The number of carbonyl (C=O) groups excluding carboxylic acids is 3. The van der Waals surface area contributed by atoms with Crippen LogP contribution in [0.1, 0.15) is 26.3 Å². The Kier molecular flexibility index (Phi) is 7.37. The van der Waals surface area contributed by atoms with Crippen LogP contribution in [0.2, 0.25) is 0 Å². The number of hydrogen-bond acceptors (Lipinski definition) is 5. The Hall–Kier alpha value is -3.40. The fourth-order valence-corrected chi connectivity index (χ4v) is 3.60. The van der Waals surface area contributed by atoms with Gasteiger partial charge in [-0.25, -0.2) is 13.8 Å². The highest BCUT2D eigenvalue weighted by atomic mass is 19.1. The smallest absolute Gasteiger partial charge is 0.251 e. The van der Waals surface area contributed by atoms with Crippen LogP contribution in [0, 0.1) is 17.6 Å². The van der Waals surface area contributed by atoms with Gasteiger partial charge in [-0.3, -0.25) is 19.3 Å². The average molecular weight is 459 g/mol. The second kappa shape index (κ2) is 10.0. The molecule has 2 heterocycles. The van der Waals surface area contributed by atoms with E-state index in [0.717, 1.165) is 12.1 Å². The van der Waals surface area contributed by atoms with Crippen molar-refractivity contribution in [3.05, 3.63) is 53.7 Å². The number of rotatable bonds is 7. The molecule has 1 aromatic heterocycles. The largest absolute Gasteiger partial charge is 0.343 e. The number of benzene rings is 1. The lowest BCUT2D eigenvalue weighted by Crippen LogP contribution is -2.57. The predicted molar refractivity (Wildman–Crippen MR) is 119 cm³/mol. The highest BCUT2D eigenvalue weighted by Gasteiger charge is 2.43. The van der Waals surface area contributed by atoms with E-state index in [0.29, 0.717) is 17.4 Å². The lowest BCUT2D eigenvalue weighted by molar-refractivity contribution is -0.130. The Bertz CT molecular complexity index is 1060. The number of carbonyl (C=O) groups is 3. The number of nitrogens with zero attached hydrogens (tertiary/aromatic N) is 2. The van der Waals surface area contributed by atoms with Gasteiger partial charge in [-0.15, -0.1) is 0 Å². The van der Waals surface area contributed by atoms with Crippen LogP contribution in [-0.4, -0.2) is 47.9 Å². The zero-order valence-corrected chi connectivity index (χ0v) is 18.9. The van der Waals surface area contributed by atoms with Gasteiger partial charge >= 0.3 is 0 Å². The van der Waals surface area contributed by atoms with Crippen molar-refractivity contribution in [3.8, 4) is 0 Å². The van der Waals surface area contributed by atoms with Gasteiger partial charge in [0.2, 0.25) is 11.8 Å². The SMILES string of the molecule is CNC(C)C(=O)NC(C(=O)N1c2ncccc2CC1C(=O)Nc1ccc(F)cc1F)C(C)C. The maximum Gasteiger partial charge on any atom is 0.251 e. The summed E-state index contributed by atoms with van der Waals surface area (Å²) in [5.41, 5.74) is 0.470. The zero-order valence-electron chi connectivity index (χ0n) is 18.9. The number of hydrogen-bond donors (Lipinski definition) is 3. The van der Waals surface area contributed by atoms with Crippen LogP contribution in [0.4, 0.5) is 20.3 Å². The molecule has 0 radical (unpaired) electrons. The molecule has 3 unspecified atom stereocenters. The van der Waals surface area contributed by atoms with Gasteiger partial charge < -0.3 is 16.0 Å². The molecule has 3 atom stereocenters. The minimum Gasteiger partial charge on any atom is -0.343 e. The summed E-state index contributed by atoms with van der Waals surface area (Å²) in [5, 5.41) is 8.00. The van der Waals surface area contributed by atoms with Crippen LogP contribution in [-0.2, 0) is 20.8 Å². The third kappa shape index (κ3) is 5.16. The Morgan fingerprint density at radius 1 is 1.15 bits per heavy atom. The molecule has 1 aromatic carbocycles. The Labute approximate surface area is 190 Å². The molecule has 3 amide bonds.